The van der Waals surface area contributed by atoms with Crippen LogP contribution in [0.2, 0.25) is 0 Å². The molecule has 5 nitrogen and oxygen atoms in total. The van der Waals surface area contributed by atoms with Gasteiger partial charge < -0.3 is 9.67 Å². The standard InChI is InChI=1S/C10H5BrF3N3O2/c11-7-1-15-4-16-8(7)17-2-5(9(18)19)6(3-17)10(12,13)14/h1-4H,(H,18,19). The van der Waals surface area contributed by atoms with Crippen molar-refractivity contribution in [2.24, 2.45) is 0 Å². The Bertz CT molecular complexity index is 639. The number of halogens is 4. The molecule has 0 spiro atoms. The van der Waals surface area contributed by atoms with E-state index in [4.69, 9.17) is 5.11 Å². The Morgan fingerprint density at radius 1 is 1.37 bits per heavy atom. The van der Waals surface area contributed by atoms with Crippen molar-refractivity contribution in [3.63, 3.8) is 0 Å². The van der Waals surface area contributed by atoms with E-state index >= 15 is 0 Å². The molecule has 2 heterocycles. The first-order valence-electron chi connectivity index (χ1n) is 4.79. The highest BCUT2D eigenvalue weighted by Gasteiger charge is 2.37. The minimum atomic E-state index is -4.75. The van der Waals surface area contributed by atoms with E-state index in [1.165, 1.54) is 6.20 Å². The molecule has 0 unspecified atom stereocenters. The van der Waals surface area contributed by atoms with Crippen molar-refractivity contribution in [1.82, 2.24) is 14.5 Å². The average Bonchev–Trinajstić information content (AvgIpc) is 2.74. The van der Waals surface area contributed by atoms with Gasteiger partial charge in [0.2, 0.25) is 0 Å². The molecule has 0 radical (unpaired) electrons. The number of alkyl halides is 3. The second-order valence-corrected chi connectivity index (χ2v) is 4.34. The first kappa shape index (κ1) is 13.5. The SMILES string of the molecule is O=C(O)c1cn(-c2ncncc2Br)cc1C(F)(F)F. The highest BCUT2D eigenvalue weighted by atomic mass is 79.9. The molecule has 2 rings (SSSR count). The predicted molar refractivity (Wildman–Crippen MR) is 61.0 cm³/mol. The van der Waals surface area contributed by atoms with Gasteiger partial charge in [-0.2, -0.15) is 13.2 Å². The smallest absolute Gasteiger partial charge is 0.418 e. The van der Waals surface area contributed by atoms with Gasteiger partial charge in [0.05, 0.1) is 15.6 Å². The Balaban J connectivity index is 2.62. The van der Waals surface area contributed by atoms with E-state index in [2.05, 4.69) is 25.9 Å². The summed E-state index contributed by atoms with van der Waals surface area (Å²) in [7, 11) is 0. The summed E-state index contributed by atoms with van der Waals surface area (Å²) in [6, 6.07) is 0. The fourth-order valence-electron chi connectivity index (χ4n) is 1.47. The molecule has 100 valence electrons. The summed E-state index contributed by atoms with van der Waals surface area (Å²) in [4.78, 5) is 18.3. The zero-order valence-corrected chi connectivity index (χ0v) is 10.6. The molecule has 0 aliphatic heterocycles. The third kappa shape index (κ3) is 2.60. The van der Waals surface area contributed by atoms with Crippen LogP contribution in [0.1, 0.15) is 15.9 Å². The Hall–Kier alpha value is -1.90. The number of hydrogen-bond acceptors (Lipinski definition) is 3. The molecule has 0 saturated heterocycles. The highest BCUT2D eigenvalue weighted by Crippen LogP contribution is 2.34. The highest BCUT2D eigenvalue weighted by molar-refractivity contribution is 9.10. The Labute approximate surface area is 112 Å². The molecule has 0 amide bonds. The van der Waals surface area contributed by atoms with Gasteiger partial charge >= 0.3 is 12.1 Å². The molecule has 0 aliphatic rings. The fourth-order valence-corrected chi connectivity index (χ4v) is 1.89. The van der Waals surface area contributed by atoms with E-state index in [9.17, 15) is 18.0 Å². The molecule has 0 aliphatic carbocycles. The minimum Gasteiger partial charge on any atom is -0.478 e. The second kappa shape index (κ2) is 4.65. The van der Waals surface area contributed by atoms with E-state index in [-0.39, 0.29) is 5.82 Å². The number of carboxylic acid groups (broad SMARTS) is 1. The molecule has 2 aromatic rings. The van der Waals surface area contributed by atoms with E-state index in [1.54, 1.807) is 0 Å². The lowest BCUT2D eigenvalue weighted by Gasteiger charge is -2.04. The Morgan fingerprint density at radius 3 is 2.53 bits per heavy atom. The minimum absolute atomic E-state index is 0.119. The summed E-state index contributed by atoms with van der Waals surface area (Å²) in [5.41, 5.74) is -2.07. The third-order valence-corrected chi connectivity index (χ3v) is 2.81. The van der Waals surface area contributed by atoms with Gasteiger partial charge in [-0.1, -0.05) is 0 Å². The third-order valence-electron chi connectivity index (χ3n) is 2.26. The lowest BCUT2D eigenvalue weighted by molar-refractivity contribution is -0.138. The number of rotatable bonds is 2. The molecule has 1 N–H and O–H groups in total. The van der Waals surface area contributed by atoms with Gasteiger partial charge in [0.1, 0.15) is 6.33 Å². The lowest BCUT2D eigenvalue weighted by Crippen LogP contribution is -2.09. The van der Waals surface area contributed by atoms with E-state index < -0.39 is 23.3 Å². The van der Waals surface area contributed by atoms with E-state index in [0.717, 1.165) is 17.1 Å². The zero-order valence-electron chi connectivity index (χ0n) is 9.02. The van der Waals surface area contributed by atoms with Gasteiger partial charge in [-0.15, -0.1) is 0 Å². The maximum absolute atomic E-state index is 12.7. The van der Waals surface area contributed by atoms with Gasteiger partial charge in [0.15, 0.2) is 5.82 Å². The molecule has 0 saturated carbocycles. The average molecular weight is 336 g/mol. The Morgan fingerprint density at radius 2 is 2.05 bits per heavy atom. The van der Waals surface area contributed by atoms with Gasteiger partial charge in [-0.25, -0.2) is 14.8 Å². The number of aromatic nitrogens is 3. The van der Waals surface area contributed by atoms with Gasteiger partial charge in [0.25, 0.3) is 0 Å². The number of nitrogens with zero attached hydrogens (tertiary/aromatic N) is 3. The van der Waals surface area contributed by atoms with Gasteiger partial charge in [0, 0.05) is 18.6 Å². The lowest BCUT2D eigenvalue weighted by atomic mass is 10.2. The van der Waals surface area contributed by atoms with Crippen LogP contribution < -0.4 is 0 Å². The summed E-state index contributed by atoms with van der Waals surface area (Å²) in [5, 5.41) is 8.80. The molecule has 0 atom stereocenters. The number of aromatic carboxylic acids is 1. The van der Waals surface area contributed by atoms with Crippen LogP contribution in [0.4, 0.5) is 13.2 Å². The molecule has 9 heteroatoms. The second-order valence-electron chi connectivity index (χ2n) is 3.49. The quantitative estimate of drug-likeness (QED) is 0.916. The van der Waals surface area contributed by atoms with E-state index in [0.29, 0.717) is 10.7 Å². The van der Waals surface area contributed by atoms with Crippen molar-refractivity contribution in [2.45, 2.75) is 6.18 Å². The number of hydrogen-bond donors (Lipinski definition) is 1. The topological polar surface area (TPSA) is 68.0 Å². The summed E-state index contributed by atoms with van der Waals surface area (Å²) in [6.45, 7) is 0. The van der Waals surface area contributed by atoms with Crippen LogP contribution in [-0.4, -0.2) is 25.6 Å². The molecular formula is C10H5BrF3N3O2. The summed E-state index contributed by atoms with van der Waals surface area (Å²) in [6.07, 6.45) is -0.725. The first-order chi connectivity index (χ1) is 8.80. The monoisotopic (exact) mass is 335 g/mol. The van der Waals surface area contributed by atoms with Crippen LogP contribution in [0.3, 0.4) is 0 Å². The van der Waals surface area contributed by atoms with Crippen LogP contribution in [0.15, 0.2) is 29.4 Å². The van der Waals surface area contributed by atoms with Crippen molar-refractivity contribution in [3.05, 3.63) is 40.5 Å². The largest absolute Gasteiger partial charge is 0.478 e. The number of carbonyl (C=O) groups is 1. The van der Waals surface area contributed by atoms with Gasteiger partial charge in [-0.05, 0) is 15.9 Å². The molecule has 0 bridgehead atoms. The van der Waals surface area contributed by atoms with Crippen LogP contribution in [0.25, 0.3) is 5.82 Å². The van der Waals surface area contributed by atoms with Crippen molar-refractivity contribution in [2.75, 3.05) is 0 Å². The molecular weight excluding hydrogens is 331 g/mol. The maximum atomic E-state index is 12.7. The summed E-state index contributed by atoms with van der Waals surface area (Å²) < 4.78 is 39.5. The van der Waals surface area contributed by atoms with Crippen LogP contribution >= 0.6 is 15.9 Å². The predicted octanol–water partition coefficient (Wildman–Crippen LogP) is 2.75. The van der Waals surface area contributed by atoms with Crippen molar-refractivity contribution >= 4 is 21.9 Å². The zero-order chi connectivity index (χ0) is 14.2. The molecule has 2 aromatic heterocycles. The molecule has 0 aromatic carbocycles. The van der Waals surface area contributed by atoms with Crippen LogP contribution in [0, 0.1) is 0 Å². The fraction of sp³-hybridized carbons (Fsp3) is 0.100. The van der Waals surface area contributed by atoms with Crippen molar-refractivity contribution in [3.8, 4) is 5.82 Å². The van der Waals surface area contributed by atoms with Crippen molar-refractivity contribution < 1.29 is 23.1 Å². The van der Waals surface area contributed by atoms with Crippen molar-refractivity contribution in [1.29, 1.82) is 0 Å². The Kier molecular flexibility index (Phi) is 3.31. The summed E-state index contributed by atoms with van der Waals surface area (Å²) in [5.74, 6) is -1.54. The van der Waals surface area contributed by atoms with Gasteiger partial charge in [-0.3, -0.25) is 0 Å². The normalized spacial score (nSPS) is 11.6. The first-order valence-corrected chi connectivity index (χ1v) is 5.58. The molecule has 0 fully saturated rings. The maximum Gasteiger partial charge on any atom is 0.418 e. The molecule has 19 heavy (non-hydrogen) atoms. The number of carboxylic acids is 1. The van der Waals surface area contributed by atoms with Crippen LogP contribution in [-0.2, 0) is 6.18 Å². The summed E-state index contributed by atoms with van der Waals surface area (Å²) >= 11 is 3.08. The van der Waals surface area contributed by atoms with E-state index in [1.807, 2.05) is 0 Å². The van der Waals surface area contributed by atoms with Crippen LogP contribution in [0.5, 0.6) is 0 Å².